The van der Waals surface area contributed by atoms with E-state index in [2.05, 4.69) is 58.3 Å². The summed E-state index contributed by atoms with van der Waals surface area (Å²) in [6, 6.07) is 10.3. The highest BCUT2D eigenvalue weighted by atomic mass is 28.4. The molecule has 0 radical (unpaired) electrons. The minimum absolute atomic E-state index is 0.0374. The molecule has 1 aromatic carbocycles. The van der Waals surface area contributed by atoms with Crippen LogP contribution in [0.2, 0.25) is 18.1 Å². The van der Waals surface area contributed by atoms with Crippen LogP contribution in [0, 0.1) is 0 Å². The Balaban J connectivity index is 2.99. The van der Waals surface area contributed by atoms with Crippen molar-refractivity contribution in [3.63, 3.8) is 0 Å². The van der Waals surface area contributed by atoms with E-state index in [1.807, 2.05) is 24.3 Å². The van der Waals surface area contributed by atoms with Gasteiger partial charge in [-0.3, -0.25) is 0 Å². The van der Waals surface area contributed by atoms with Crippen LogP contribution in [0.15, 0.2) is 48.7 Å². The minimum Gasteiger partial charge on any atom is -0.406 e. The zero-order valence-electron chi connectivity index (χ0n) is 12.2. The van der Waals surface area contributed by atoms with Crippen LogP contribution in [-0.4, -0.2) is 8.32 Å². The van der Waals surface area contributed by atoms with Crippen molar-refractivity contribution in [3.8, 4) is 0 Å². The summed E-state index contributed by atoms with van der Waals surface area (Å²) in [5.41, 5.74) is 4.03. The Hall–Kier alpha value is -1.08. The van der Waals surface area contributed by atoms with E-state index >= 15 is 0 Å². The molecule has 98 valence electrons. The van der Waals surface area contributed by atoms with Crippen LogP contribution in [0.25, 0.3) is 0 Å². The topological polar surface area (TPSA) is 9.23 Å². The zero-order chi connectivity index (χ0) is 13.8. The Morgan fingerprint density at radius 3 is 2.22 bits per heavy atom. The molecule has 0 amide bonds. The largest absolute Gasteiger partial charge is 0.406 e. The van der Waals surface area contributed by atoms with Gasteiger partial charge in [0.1, 0.15) is 0 Å². The lowest BCUT2D eigenvalue weighted by Crippen LogP contribution is -2.41. The quantitative estimate of drug-likeness (QED) is 0.541. The van der Waals surface area contributed by atoms with Crippen LogP contribution in [0.4, 0.5) is 0 Å². The molecule has 0 aliphatic rings. The molecule has 0 saturated carbocycles. The molecule has 0 aromatic heterocycles. The number of hydrogen-bond acceptors (Lipinski definition) is 1. The molecule has 0 spiro atoms. The molecule has 0 bridgehead atoms. The maximum Gasteiger partial charge on any atom is 0.193 e. The molecular formula is C16H24OSi. The van der Waals surface area contributed by atoms with Gasteiger partial charge in [-0.1, -0.05) is 57.7 Å². The molecule has 0 aliphatic carbocycles. The summed E-state index contributed by atoms with van der Waals surface area (Å²) in [5.74, 6) is 0. The smallest absolute Gasteiger partial charge is 0.193 e. The Bertz CT molecular complexity index is 422. The zero-order valence-corrected chi connectivity index (χ0v) is 13.2. The highest BCUT2D eigenvalue weighted by Crippen LogP contribution is 2.39. The van der Waals surface area contributed by atoms with Gasteiger partial charge in [0.15, 0.2) is 8.32 Å². The lowest BCUT2D eigenvalue weighted by Gasteiger charge is -2.38. The number of benzene rings is 1. The lowest BCUT2D eigenvalue weighted by molar-refractivity contribution is 0.230. The van der Waals surface area contributed by atoms with Crippen molar-refractivity contribution in [1.29, 1.82) is 0 Å². The molecule has 1 atom stereocenters. The minimum atomic E-state index is -1.79. The average Bonchev–Trinajstić information content (AvgIpc) is 2.28. The molecule has 0 N–H and O–H groups in total. The fourth-order valence-electron chi connectivity index (χ4n) is 1.44. The second kappa shape index (κ2) is 5.70. The third-order valence-electron chi connectivity index (χ3n) is 3.63. The molecule has 1 nitrogen and oxygen atoms in total. The molecule has 0 saturated heterocycles. The number of rotatable bonds is 4. The van der Waals surface area contributed by atoms with E-state index < -0.39 is 8.32 Å². The summed E-state index contributed by atoms with van der Waals surface area (Å²) >= 11 is 0. The van der Waals surface area contributed by atoms with E-state index in [-0.39, 0.29) is 11.1 Å². The van der Waals surface area contributed by atoms with Gasteiger partial charge in [0.2, 0.25) is 0 Å². The molecule has 1 aromatic rings. The third-order valence-corrected chi connectivity index (χ3v) is 8.08. The fraction of sp³-hybridized carbons (Fsp3) is 0.438. The van der Waals surface area contributed by atoms with Crippen molar-refractivity contribution in [2.24, 2.45) is 0 Å². The fourth-order valence-corrected chi connectivity index (χ4v) is 2.63. The summed E-state index contributed by atoms with van der Waals surface area (Å²) in [6.07, 6.45) is 1.88. The molecule has 0 fully saturated rings. The van der Waals surface area contributed by atoms with Crippen LogP contribution in [0.5, 0.6) is 0 Å². The summed E-state index contributed by atoms with van der Waals surface area (Å²) in [4.78, 5) is 0. The SMILES string of the molecule is C=C=C[C@H](O[Si](C)(C)C(C)(C)C)c1ccccc1. The molecular weight excluding hydrogens is 236 g/mol. The van der Waals surface area contributed by atoms with E-state index in [1.54, 1.807) is 0 Å². The molecule has 18 heavy (non-hydrogen) atoms. The summed E-state index contributed by atoms with van der Waals surface area (Å²) in [6.45, 7) is 14.9. The maximum atomic E-state index is 6.41. The Morgan fingerprint density at radius 1 is 1.22 bits per heavy atom. The van der Waals surface area contributed by atoms with Gasteiger partial charge in [0, 0.05) is 0 Å². The van der Waals surface area contributed by atoms with Gasteiger partial charge >= 0.3 is 0 Å². The highest BCUT2D eigenvalue weighted by molar-refractivity contribution is 6.74. The normalized spacial score (nSPS) is 13.8. The maximum absolute atomic E-state index is 6.41. The number of hydrogen-bond donors (Lipinski definition) is 0. The van der Waals surface area contributed by atoms with Gasteiger partial charge in [-0.25, -0.2) is 0 Å². The van der Waals surface area contributed by atoms with Crippen molar-refractivity contribution in [2.45, 2.75) is 45.0 Å². The van der Waals surface area contributed by atoms with E-state index in [9.17, 15) is 0 Å². The van der Waals surface area contributed by atoms with Gasteiger partial charge in [-0.05, 0) is 29.8 Å². The Morgan fingerprint density at radius 2 is 1.78 bits per heavy atom. The molecule has 0 heterocycles. The Labute approximate surface area is 112 Å². The van der Waals surface area contributed by atoms with Crippen molar-refractivity contribution >= 4 is 8.32 Å². The van der Waals surface area contributed by atoms with E-state index in [4.69, 9.17) is 4.43 Å². The van der Waals surface area contributed by atoms with Crippen molar-refractivity contribution in [2.75, 3.05) is 0 Å². The first-order chi connectivity index (χ1) is 8.28. The van der Waals surface area contributed by atoms with Gasteiger partial charge < -0.3 is 4.43 Å². The van der Waals surface area contributed by atoms with Gasteiger partial charge in [-0.15, -0.1) is 5.73 Å². The van der Waals surface area contributed by atoms with Crippen LogP contribution in [0.1, 0.15) is 32.4 Å². The van der Waals surface area contributed by atoms with Crippen molar-refractivity contribution in [1.82, 2.24) is 0 Å². The van der Waals surface area contributed by atoms with Crippen molar-refractivity contribution in [3.05, 3.63) is 54.3 Å². The highest BCUT2D eigenvalue weighted by Gasteiger charge is 2.38. The van der Waals surface area contributed by atoms with Gasteiger partial charge in [0.05, 0.1) is 6.10 Å². The van der Waals surface area contributed by atoms with Gasteiger partial charge in [-0.2, -0.15) is 0 Å². The first-order valence-electron chi connectivity index (χ1n) is 6.36. The van der Waals surface area contributed by atoms with E-state index in [0.717, 1.165) is 0 Å². The molecule has 0 aliphatic heterocycles. The predicted molar refractivity (Wildman–Crippen MR) is 81.2 cm³/mol. The second-order valence-electron chi connectivity index (χ2n) is 6.08. The summed E-state index contributed by atoms with van der Waals surface area (Å²) in [7, 11) is -1.79. The second-order valence-corrected chi connectivity index (χ2v) is 10.8. The van der Waals surface area contributed by atoms with Crippen molar-refractivity contribution < 1.29 is 4.43 Å². The van der Waals surface area contributed by atoms with Crippen LogP contribution in [-0.2, 0) is 4.43 Å². The summed E-state index contributed by atoms with van der Waals surface area (Å²) in [5, 5.41) is 0.203. The monoisotopic (exact) mass is 260 g/mol. The van der Waals surface area contributed by atoms with Crippen LogP contribution < -0.4 is 0 Å². The average molecular weight is 260 g/mol. The Kier molecular flexibility index (Phi) is 4.75. The van der Waals surface area contributed by atoms with Crippen LogP contribution >= 0.6 is 0 Å². The van der Waals surface area contributed by atoms with E-state index in [1.165, 1.54) is 5.56 Å². The predicted octanol–water partition coefficient (Wildman–Crippen LogP) is 5.09. The molecule has 1 rings (SSSR count). The standard InChI is InChI=1S/C16H24OSi/c1-7-11-15(14-12-9-8-10-13-14)17-18(5,6)16(2,3)4/h8-13,15H,1H2,2-6H3/t15-/m0/s1. The van der Waals surface area contributed by atoms with Crippen LogP contribution in [0.3, 0.4) is 0 Å². The third kappa shape index (κ3) is 3.71. The first kappa shape index (κ1) is 15.0. The van der Waals surface area contributed by atoms with E-state index in [0.29, 0.717) is 0 Å². The molecule has 0 unspecified atom stereocenters. The lowest BCUT2D eigenvalue weighted by atomic mass is 10.1. The summed E-state index contributed by atoms with van der Waals surface area (Å²) < 4.78 is 6.41. The molecule has 2 heteroatoms. The van der Waals surface area contributed by atoms with Gasteiger partial charge in [0.25, 0.3) is 0 Å². The first-order valence-corrected chi connectivity index (χ1v) is 9.27.